The number of hydrogen-bond donors (Lipinski definition) is 1. The Morgan fingerprint density at radius 1 is 1.17 bits per heavy atom. The van der Waals surface area contributed by atoms with Crippen LogP contribution in [0.2, 0.25) is 0 Å². The van der Waals surface area contributed by atoms with Gasteiger partial charge in [-0.15, -0.1) is 5.10 Å². The van der Waals surface area contributed by atoms with Crippen LogP contribution >= 0.6 is 11.5 Å². The fourth-order valence-electron chi connectivity index (χ4n) is 0.870. The maximum absolute atomic E-state index is 5.53. The zero-order valence-electron chi connectivity index (χ0n) is 6.14. The van der Waals surface area contributed by atoms with Crippen molar-refractivity contribution >= 4 is 17.2 Å². The normalized spacial score (nSPS) is 10.0. The summed E-state index contributed by atoms with van der Waals surface area (Å²) in [5.74, 6) is 0. The summed E-state index contributed by atoms with van der Waals surface area (Å²) in [7, 11) is 0. The van der Waals surface area contributed by atoms with Crippen LogP contribution in [0.4, 0.5) is 5.69 Å². The molecular formula is C7H6N4S. The smallest absolute Gasteiger partial charge is 0.168 e. The quantitative estimate of drug-likeness (QED) is 0.666. The summed E-state index contributed by atoms with van der Waals surface area (Å²) < 4.78 is 3.67. The summed E-state index contributed by atoms with van der Waals surface area (Å²) in [6.07, 6.45) is 0. The van der Waals surface area contributed by atoms with Gasteiger partial charge in [0.2, 0.25) is 0 Å². The first-order valence-corrected chi connectivity index (χ1v) is 4.14. The first-order valence-electron chi connectivity index (χ1n) is 3.37. The van der Waals surface area contributed by atoms with Crippen LogP contribution in [0.25, 0.3) is 10.6 Å². The summed E-state index contributed by atoms with van der Waals surface area (Å²) in [6, 6.07) is 7.46. The molecule has 0 spiro atoms. The second kappa shape index (κ2) is 2.86. The minimum absolute atomic E-state index is 0.747. The highest BCUT2D eigenvalue weighted by atomic mass is 32.1. The van der Waals surface area contributed by atoms with Crippen LogP contribution in [-0.4, -0.2) is 14.8 Å². The number of nitrogen functional groups attached to an aromatic ring is 1. The topological polar surface area (TPSA) is 64.7 Å². The van der Waals surface area contributed by atoms with Gasteiger partial charge in [0.15, 0.2) is 5.01 Å². The van der Waals surface area contributed by atoms with E-state index in [1.165, 1.54) is 11.5 Å². The van der Waals surface area contributed by atoms with E-state index < -0.39 is 0 Å². The predicted molar refractivity (Wildman–Crippen MR) is 47.6 cm³/mol. The molecule has 0 aliphatic rings. The second-order valence-electron chi connectivity index (χ2n) is 2.29. The zero-order chi connectivity index (χ0) is 8.39. The van der Waals surface area contributed by atoms with Gasteiger partial charge in [-0.3, -0.25) is 0 Å². The van der Waals surface area contributed by atoms with Gasteiger partial charge in [0, 0.05) is 22.8 Å². The van der Waals surface area contributed by atoms with Gasteiger partial charge in [-0.1, -0.05) is 4.49 Å². The van der Waals surface area contributed by atoms with Crippen LogP contribution in [-0.2, 0) is 0 Å². The van der Waals surface area contributed by atoms with E-state index >= 15 is 0 Å². The maximum atomic E-state index is 5.53. The summed E-state index contributed by atoms with van der Waals surface area (Å²) in [4.78, 5) is 0. The Balaban J connectivity index is 2.43. The van der Waals surface area contributed by atoms with E-state index in [0.29, 0.717) is 0 Å². The number of rotatable bonds is 1. The molecule has 1 aromatic heterocycles. The fourth-order valence-corrected chi connectivity index (χ4v) is 1.34. The van der Waals surface area contributed by atoms with Gasteiger partial charge in [-0.2, -0.15) is 0 Å². The monoisotopic (exact) mass is 178 g/mol. The lowest BCUT2D eigenvalue weighted by molar-refractivity contribution is 0.961. The van der Waals surface area contributed by atoms with Crippen LogP contribution in [0.15, 0.2) is 24.3 Å². The molecule has 2 rings (SSSR count). The van der Waals surface area contributed by atoms with Crippen molar-refractivity contribution in [2.24, 2.45) is 0 Å². The van der Waals surface area contributed by atoms with Gasteiger partial charge in [0.05, 0.1) is 0 Å². The first kappa shape index (κ1) is 7.17. The Kier molecular flexibility index (Phi) is 1.71. The summed E-state index contributed by atoms with van der Waals surface area (Å²) >= 11 is 1.27. The van der Waals surface area contributed by atoms with Crippen molar-refractivity contribution in [3.05, 3.63) is 24.3 Å². The summed E-state index contributed by atoms with van der Waals surface area (Å²) in [5, 5.41) is 8.16. The van der Waals surface area contributed by atoms with Crippen molar-refractivity contribution in [3.63, 3.8) is 0 Å². The largest absolute Gasteiger partial charge is 0.399 e. The fraction of sp³-hybridized carbons (Fsp3) is 0. The van der Waals surface area contributed by atoms with E-state index in [9.17, 15) is 0 Å². The lowest BCUT2D eigenvalue weighted by Crippen LogP contribution is -1.83. The van der Waals surface area contributed by atoms with E-state index in [1.807, 2.05) is 24.3 Å². The van der Waals surface area contributed by atoms with Crippen molar-refractivity contribution in [3.8, 4) is 10.6 Å². The van der Waals surface area contributed by atoms with Crippen LogP contribution in [0.3, 0.4) is 0 Å². The molecule has 0 fully saturated rings. The van der Waals surface area contributed by atoms with E-state index in [0.717, 1.165) is 16.3 Å². The number of aromatic nitrogens is 3. The molecule has 4 nitrogen and oxygen atoms in total. The van der Waals surface area contributed by atoms with Crippen LogP contribution < -0.4 is 5.73 Å². The minimum atomic E-state index is 0.747. The highest BCUT2D eigenvalue weighted by Gasteiger charge is 2.00. The van der Waals surface area contributed by atoms with Gasteiger partial charge < -0.3 is 5.73 Å². The number of anilines is 1. The molecule has 1 aromatic carbocycles. The van der Waals surface area contributed by atoms with Crippen molar-refractivity contribution in [2.45, 2.75) is 0 Å². The van der Waals surface area contributed by atoms with Gasteiger partial charge >= 0.3 is 0 Å². The molecule has 12 heavy (non-hydrogen) atoms. The third-order valence-electron chi connectivity index (χ3n) is 1.46. The van der Waals surface area contributed by atoms with Crippen LogP contribution in [0, 0.1) is 0 Å². The Labute approximate surface area is 73.2 Å². The molecule has 1 heterocycles. The standard InChI is InChI=1S/C7H6N4S/c8-6-3-1-5(2-4-6)7-9-10-11-12-7/h1-4H,8H2. The molecule has 0 bridgehead atoms. The van der Waals surface area contributed by atoms with Gasteiger partial charge in [-0.05, 0) is 29.5 Å². The molecular weight excluding hydrogens is 172 g/mol. The number of hydrogen-bond acceptors (Lipinski definition) is 5. The Bertz CT molecular complexity index is 353. The van der Waals surface area contributed by atoms with E-state index in [2.05, 4.69) is 14.8 Å². The van der Waals surface area contributed by atoms with Crippen molar-refractivity contribution in [2.75, 3.05) is 5.73 Å². The van der Waals surface area contributed by atoms with Crippen LogP contribution in [0.1, 0.15) is 0 Å². The van der Waals surface area contributed by atoms with Crippen LogP contribution in [0.5, 0.6) is 0 Å². The Hall–Kier alpha value is -1.49. The molecule has 2 N–H and O–H groups in total. The highest BCUT2D eigenvalue weighted by molar-refractivity contribution is 7.08. The molecule has 60 valence electrons. The molecule has 0 saturated heterocycles. The number of nitrogens with two attached hydrogens (primary N) is 1. The first-order chi connectivity index (χ1) is 5.86. The maximum Gasteiger partial charge on any atom is 0.168 e. The summed E-state index contributed by atoms with van der Waals surface area (Å²) in [5.41, 5.74) is 7.28. The molecule has 0 aliphatic carbocycles. The Morgan fingerprint density at radius 3 is 2.50 bits per heavy atom. The average Bonchev–Trinajstić information content (AvgIpc) is 2.58. The Morgan fingerprint density at radius 2 is 1.92 bits per heavy atom. The molecule has 0 amide bonds. The van der Waals surface area contributed by atoms with Gasteiger partial charge in [0.1, 0.15) is 0 Å². The molecule has 2 aromatic rings. The van der Waals surface area contributed by atoms with E-state index in [1.54, 1.807) is 0 Å². The predicted octanol–water partition coefficient (Wildman–Crippen LogP) is 1.18. The van der Waals surface area contributed by atoms with Gasteiger partial charge in [0.25, 0.3) is 0 Å². The van der Waals surface area contributed by atoms with E-state index in [4.69, 9.17) is 5.73 Å². The molecule has 0 unspecified atom stereocenters. The molecule has 5 heteroatoms. The van der Waals surface area contributed by atoms with E-state index in [-0.39, 0.29) is 0 Å². The van der Waals surface area contributed by atoms with Crippen molar-refractivity contribution in [1.82, 2.24) is 14.8 Å². The molecule has 0 saturated carbocycles. The van der Waals surface area contributed by atoms with Gasteiger partial charge in [-0.25, -0.2) is 0 Å². The number of nitrogens with zero attached hydrogens (tertiary/aromatic N) is 3. The van der Waals surface area contributed by atoms with Crippen molar-refractivity contribution < 1.29 is 0 Å². The lowest BCUT2D eigenvalue weighted by atomic mass is 10.2. The molecule has 0 aliphatic heterocycles. The summed E-state index contributed by atoms with van der Waals surface area (Å²) in [6.45, 7) is 0. The highest BCUT2D eigenvalue weighted by Crippen LogP contribution is 2.19. The third kappa shape index (κ3) is 1.26. The molecule has 0 atom stereocenters. The minimum Gasteiger partial charge on any atom is -0.399 e. The average molecular weight is 178 g/mol. The number of benzene rings is 1. The lowest BCUT2D eigenvalue weighted by Gasteiger charge is -1.94. The SMILES string of the molecule is Nc1ccc(-c2nnns2)cc1. The molecule has 0 radical (unpaired) electrons. The third-order valence-corrected chi connectivity index (χ3v) is 2.10. The van der Waals surface area contributed by atoms with Crippen molar-refractivity contribution in [1.29, 1.82) is 0 Å². The zero-order valence-corrected chi connectivity index (χ0v) is 6.95. The second-order valence-corrected chi connectivity index (χ2v) is 3.02.